The second-order valence-corrected chi connectivity index (χ2v) is 7.58. The van der Waals surface area contributed by atoms with E-state index in [4.69, 9.17) is 9.47 Å². The molecule has 0 unspecified atom stereocenters. The SMILES string of the molecule is CC(=O)OCO/C(=C(/C#N)c1ccc(C(C)(C)C)cc1)c1ccccc1C(F)(F)F. The van der Waals surface area contributed by atoms with E-state index in [2.05, 4.69) is 0 Å². The van der Waals surface area contributed by atoms with Crippen molar-refractivity contribution in [2.45, 2.75) is 39.3 Å². The first-order valence-corrected chi connectivity index (χ1v) is 9.13. The van der Waals surface area contributed by atoms with Crippen LogP contribution in [0, 0.1) is 11.3 Å². The third-order valence-electron chi connectivity index (χ3n) is 4.32. The molecule has 2 aromatic carbocycles. The van der Waals surface area contributed by atoms with Crippen LogP contribution in [0.3, 0.4) is 0 Å². The van der Waals surface area contributed by atoms with Gasteiger partial charge in [0.05, 0.1) is 5.56 Å². The minimum atomic E-state index is -4.66. The topological polar surface area (TPSA) is 59.3 Å². The summed E-state index contributed by atoms with van der Waals surface area (Å²) in [5, 5.41) is 9.77. The number of rotatable bonds is 5. The average molecular weight is 417 g/mol. The summed E-state index contributed by atoms with van der Waals surface area (Å²) in [7, 11) is 0. The average Bonchev–Trinajstić information content (AvgIpc) is 2.66. The van der Waals surface area contributed by atoms with E-state index in [0.29, 0.717) is 5.56 Å². The first kappa shape index (κ1) is 23.0. The van der Waals surface area contributed by atoms with Crippen molar-refractivity contribution in [3.05, 3.63) is 70.8 Å². The molecule has 0 bridgehead atoms. The fourth-order valence-corrected chi connectivity index (χ4v) is 2.77. The van der Waals surface area contributed by atoms with Crippen LogP contribution in [-0.4, -0.2) is 12.8 Å². The van der Waals surface area contributed by atoms with Crippen LogP contribution in [0.2, 0.25) is 0 Å². The highest BCUT2D eigenvalue weighted by atomic mass is 19.4. The Hall–Kier alpha value is -3.27. The predicted molar refractivity (Wildman–Crippen MR) is 107 cm³/mol. The van der Waals surface area contributed by atoms with Gasteiger partial charge in [0.2, 0.25) is 6.79 Å². The van der Waals surface area contributed by atoms with E-state index in [9.17, 15) is 23.2 Å². The summed E-state index contributed by atoms with van der Waals surface area (Å²) in [4.78, 5) is 11.1. The summed E-state index contributed by atoms with van der Waals surface area (Å²) in [5.74, 6) is -0.971. The van der Waals surface area contributed by atoms with Gasteiger partial charge >= 0.3 is 12.1 Å². The van der Waals surface area contributed by atoms with Crippen molar-refractivity contribution in [1.29, 1.82) is 5.26 Å². The smallest absolute Gasteiger partial charge is 0.417 e. The summed E-state index contributed by atoms with van der Waals surface area (Å²) < 4.78 is 50.8. The Labute approximate surface area is 173 Å². The standard InChI is InChI=1S/C23H22F3NO3/c1-15(28)29-14-30-21(18-7-5-6-8-20(18)23(24,25)26)19(13-27)16-9-11-17(12-10-16)22(2,3)4/h5-12H,14H2,1-4H3/b21-19-. The van der Waals surface area contributed by atoms with E-state index >= 15 is 0 Å². The predicted octanol–water partition coefficient (Wildman–Crippen LogP) is 5.93. The molecule has 0 aromatic heterocycles. The van der Waals surface area contributed by atoms with Crippen molar-refractivity contribution in [1.82, 2.24) is 0 Å². The van der Waals surface area contributed by atoms with Gasteiger partial charge in [0.15, 0.2) is 0 Å². The Morgan fingerprint density at radius 2 is 1.60 bits per heavy atom. The van der Waals surface area contributed by atoms with Crippen LogP contribution in [0.15, 0.2) is 48.5 Å². The lowest BCUT2D eigenvalue weighted by Crippen LogP contribution is -2.12. The van der Waals surface area contributed by atoms with Gasteiger partial charge in [-0.1, -0.05) is 63.2 Å². The van der Waals surface area contributed by atoms with Crippen LogP contribution in [0.25, 0.3) is 11.3 Å². The van der Waals surface area contributed by atoms with Crippen LogP contribution in [0.1, 0.15) is 49.9 Å². The number of carbonyl (C=O) groups is 1. The van der Waals surface area contributed by atoms with Gasteiger partial charge in [-0.3, -0.25) is 4.79 Å². The molecular weight excluding hydrogens is 395 g/mol. The maximum Gasteiger partial charge on any atom is 0.417 e. The highest BCUT2D eigenvalue weighted by molar-refractivity contribution is 5.95. The van der Waals surface area contributed by atoms with Gasteiger partial charge in [-0.2, -0.15) is 18.4 Å². The third kappa shape index (κ3) is 5.63. The fourth-order valence-electron chi connectivity index (χ4n) is 2.77. The fraction of sp³-hybridized carbons (Fsp3) is 0.304. The zero-order valence-electron chi connectivity index (χ0n) is 17.1. The van der Waals surface area contributed by atoms with Gasteiger partial charge in [0.1, 0.15) is 17.4 Å². The quantitative estimate of drug-likeness (QED) is 0.199. The number of esters is 1. The van der Waals surface area contributed by atoms with E-state index in [1.165, 1.54) is 18.2 Å². The van der Waals surface area contributed by atoms with E-state index < -0.39 is 24.5 Å². The van der Waals surface area contributed by atoms with E-state index in [0.717, 1.165) is 18.6 Å². The molecule has 2 aromatic rings. The summed E-state index contributed by atoms with van der Waals surface area (Å²) in [6.07, 6.45) is -4.66. The maximum atomic E-state index is 13.6. The molecule has 0 atom stereocenters. The monoisotopic (exact) mass is 417 g/mol. The Morgan fingerprint density at radius 1 is 1.00 bits per heavy atom. The van der Waals surface area contributed by atoms with Crippen LogP contribution in [0.5, 0.6) is 0 Å². The van der Waals surface area contributed by atoms with Gasteiger partial charge in [0.25, 0.3) is 0 Å². The van der Waals surface area contributed by atoms with Crippen LogP contribution < -0.4 is 0 Å². The maximum absolute atomic E-state index is 13.6. The van der Waals surface area contributed by atoms with Crippen molar-refractivity contribution in [2.24, 2.45) is 0 Å². The number of halogens is 3. The summed E-state index contributed by atoms with van der Waals surface area (Å²) in [5.41, 5.74) is -0.108. The van der Waals surface area contributed by atoms with Gasteiger partial charge < -0.3 is 9.47 Å². The van der Waals surface area contributed by atoms with Crippen LogP contribution in [-0.2, 0) is 25.9 Å². The third-order valence-corrected chi connectivity index (χ3v) is 4.32. The van der Waals surface area contributed by atoms with Crippen LogP contribution >= 0.6 is 0 Å². The summed E-state index contributed by atoms with van der Waals surface area (Å²) in [6.45, 7) is 6.59. The van der Waals surface area contributed by atoms with E-state index in [1.54, 1.807) is 12.1 Å². The van der Waals surface area contributed by atoms with Crippen molar-refractivity contribution >= 4 is 17.3 Å². The normalized spacial score (nSPS) is 12.6. The summed E-state index contributed by atoms with van der Waals surface area (Å²) in [6, 6.07) is 13.7. The number of nitriles is 1. The van der Waals surface area contributed by atoms with Gasteiger partial charge in [0, 0.05) is 12.5 Å². The first-order chi connectivity index (χ1) is 13.9. The Morgan fingerprint density at radius 3 is 2.10 bits per heavy atom. The second kappa shape index (κ2) is 9.04. The van der Waals surface area contributed by atoms with Crippen LogP contribution in [0.4, 0.5) is 13.2 Å². The molecule has 0 amide bonds. The number of nitrogens with zero attached hydrogens (tertiary/aromatic N) is 1. The lowest BCUT2D eigenvalue weighted by atomic mass is 9.86. The molecule has 0 fully saturated rings. The molecule has 0 aliphatic rings. The minimum Gasteiger partial charge on any atom is -0.455 e. The molecule has 0 spiro atoms. The second-order valence-electron chi connectivity index (χ2n) is 7.58. The van der Waals surface area contributed by atoms with E-state index in [-0.39, 0.29) is 22.3 Å². The molecule has 158 valence electrons. The number of allylic oxidation sites excluding steroid dienone is 1. The molecule has 0 aliphatic carbocycles. The molecule has 0 radical (unpaired) electrons. The Balaban J connectivity index is 2.66. The molecule has 7 heteroatoms. The zero-order chi connectivity index (χ0) is 22.5. The zero-order valence-corrected chi connectivity index (χ0v) is 17.1. The molecular formula is C23H22F3NO3. The van der Waals surface area contributed by atoms with Crippen molar-refractivity contribution < 1.29 is 27.4 Å². The number of hydrogen-bond acceptors (Lipinski definition) is 4. The highest BCUT2D eigenvalue weighted by Crippen LogP contribution is 2.38. The van der Waals surface area contributed by atoms with Gasteiger partial charge in [-0.05, 0) is 22.6 Å². The molecule has 0 saturated carbocycles. The first-order valence-electron chi connectivity index (χ1n) is 9.13. The van der Waals surface area contributed by atoms with Gasteiger partial charge in [-0.15, -0.1) is 0 Å². The molecule has 2 rings (SSSR count). The number of carbonyl (C=O) groups excluding carboxylic acids is 1. The molecule has 4 nitrogen and oxygen atoms in total. The minimum absolute atomic E-state index is 0.0979. The molecule has 0 heterocycles. The Kier molecular flexibility index (Phi) is 6.93. The molecule has 0 N–H and O–H groups in total. The van der Waals surface area contributed by atoms with E-state index in [1.807, 2.05) is 39.0 Å². The molecule has 0 aliphatic heterocycles. The lowest BCUT2D eigenvalue weighted by molar-refractivity contribution is -0.149. The van der Waals surface area contributed by atoms with Crippen molar-refractivity contribution in [2.75, 3.05) is 6.79 Å². The van der Waals surface area contributed by atoms with Crippen molar-refractivity contribution in [3.63, 3.8) is 0 Å². The number of benzene rings is 2. The number of ether oxygens (including phenoxy) is 2. The lowest BCUT2D eigenvalue weighted by Gasteiger charge is -2.20. The largest absolute Gasteiger partial charge is 0.455 e. The molecule has 0 saturated heterocycles. The van der Waals surface area contributed by atoms with Gasteiger partial charge in [-0.25, -0.2) is 0 Å². The summed E-state index contributed by atoms with van der Waals surface area (Å²) >= 11 is 0. The molecule has 30 heavy (non-hydrogen) atoms. The van der Waals surface area contributed by atoms with Crippen molar-refractivity contribution in [3.8, 4) is 6.07 Å². The number of alkyl halides is 3. The highest BCUT2D eigenvalue weighted by Gasteiger charge is 2.35. The Bertz CT molecular complexity index is 978. The number of hydrogen-bond donors (Lipinski definition) is 0.